The van der Waals surface area contributed by atoms with Crippen LogP contribution in [0.15, 0.2) is 0 Å². The molecule has 148 valence electrons. The molecule has 0 radical (unpaired) electrons. The first-order chi connectivity index (χ1) is 11.5. The molecule has 0 rings (SSSR count). The Balaban J connectivity index is -0.00000264. The first-order valence-corrected chi connectivity index (χ1v) is 11.9. The van der Waals surface area contributed by atoms with Gasteiger partial charge in [-0.15, -0.1) is 0 Å². The van der Waals surface area contributed by atoms with Crippen LogP contribution in [0.1, 0.15) is 124 Å². The zero-order valence-corrected chi connectivity index (χ0v) is 20.1. The Morgan fingerprint density at radius 3 is 1.24 bits per heavy atom. The predicted molar refractivity (Wildman–Crippen MR) is 106 cm³/mol. The van der Waals surface area contributed by atoms with Crippen LogP contribution >= 0.6 is 0 Å². The largest absolute Gasteiger partial charge is 1.00 e. The van der Waals surface area contributed by atoms with E-state index >= 15 is 0 Å². The Morgan fingerprint density at radius 1 is 0.680 bits per heavy atom. The van der Waals surface area contributed by atoms with Crippen molar-refractivity contribution in [3.8, 4) is 0 Å². The number of rotatable bonds is 18. The molecule has 0 aliphatic rings. The maximum absolute atomic E-state index is 10.9. The van der Waals surface area contributed by atoms with E-state index in [0.717, 1.165) is 12.8 Å². The average molecular weight is 387 g/mol. The van der Waals surface area contributed by atoms with E-state index in [4.69, 9.17) is 4.55 Å². The zero-order chi connectivity index (χ0) is 18.1. The fourth-order valence-corrected chi connectivity index (χ4v) is 3.59. The second-order valence-corrected chi connectivity index (χ2v) is 9.25. The van der Waals surface area contributed by atoms with E-state index in [0.29, 0.717) is 6.42 Å². The predicted octanol–water partition coefficient (Wildman–Crippen LogP) is 4.03. The van der Waals surface area contributed by atoms with E-state index in [1.807, 2.05) is 0 Å². The fourth-order valence-electron chi connectivity index (χ4n) is 3.13. The van der Waals surface area contributed by atoms with Crippen molar-refractivity contribution >= 4 is 10.1 Å². The fraction of sp³-hybridized carbons (Fsp3) is 1.00. The van der Waals surface area contributed by atoms with E-state index in [2.05, 4.69) is 6.92 Å². The molecule has 0 aromatic rings. The van der Waals surface area contributed by atoms with Gasteiger partial charge < -0.3 is 1.43 Å². The van der Waals surface area contributed by atoms with Crippen LogP contribution in [0.3, 0.4) is 0 Å². The minimum absolute atomic E-state index is 0. The maximum Gasteiger partial charge on any atom is 1.00 e. The van der Waals surface area contributed by atoms with Gasteiger partial charge in [0.15, 0.2) is 0 Å². The van der Waals surface area contributed by atoms with Crippen LogP contribution in [-0.2, 0) is 10.1 Å². The monoisotopic (exact) mass is 386 g/mol. The third-order valence-electron chi connectivity index (χ3n) is 4.97. The summed E-state index contributed by atoms with van der Waals surface area (Å²) in [5, 5.41) is -0.607. The molecule has 1 N–H and O–H groups in total. The van der Waals surface area contributed by atoms with Crippen molar-refractivity contribution in [2.24, 2.45) is 0 Å². The van der Waals surface area contributed by atoms with Gasteiger partial charge in [0.25, 0.3) is 10.1 Å². The molecule has 0 amide bonds. The molecule has 0 bridgehead atoms. The van der Waals surface area contributed by atoms with Crippen molar-refractivity contribution in [1.82, 2.24) is 0 Å². The minimum atomic E-state index is -3.82. The Labute approximate surface area is 181 Å². The van der Waals surface area contributed by atoms with Crippen molar-refractivity contribution in [1.29, 1.82) is 0 Å². The summed E-state index contributed by atoms with van der Waals surface area (Å²) in [5.41, 5.74) is 0. The van der Waals surface area contributed by atoms with Crippen LogP contribution in [0.2, 0.25) is 0 Å². The molecule has 0 heterocycles. The molecule has 0 aliphatic heterocycles. The van der Waals surface area contributed by atoms with Crippen molar-refractivity contribution in [2.75, 3.05) is 0 Å². The van der Waals surface area contributed by atoms with E-state index in [1.54, 1.807) is 6.92 Å². The molecule has 0 aliphatic carbocycles. The molecule has 0 saturated heterocycles. The molecule has 25 heavy (non-hydrogen) atoms. The van der Waals surface area contributed by atoms with Gasteiger partial charge in [-0.1, -0.05) is 110 Å². The van der Waals surface area contributed by atoms with Crippen molar-refractivity contribution in [3.63, 3.8) is 0 Å². The molecule has 0 aromatic heterocycles. The third-order valence-corrected chi connectivity index (χ3v) is 6.23. The molecule has 3 nitrogen and oxygen atoms in total. The number of unbranched alkanes of at least 4 members (excludes halogenated alkanes) is 15. The van der Waals surface area contributed by atoms with Gasteiger partial charge in [0.1, 0.15) is 0 Å². The molecule has 0 saturated carbocycles. The average Bonchev–Trinajstić information content (AvgIpc) is 2.53. The van der Waals surface area contributed by atoms with E-state index in [9.17, 15) is 8.42 Å². The Hall–Kier alpha value is 0.910. The normalized spacial score (nSPS) is 12.8. The molecule has 0 spiro atoms. The molecular formula is C20H43NaO3S. The summed E-state index contributed by atoms with van der Waals surface area (Å²) in [6.45, 7) is 3.85. The maximum atomic E-state index is 10.9. The van der Waals surface area contributed by atoms with E-state index in [1.165, 1.54) is 89.9 Å². The molecular weight excluding hydrogens is 343 g/mol. The van der Waals surface area contributed by atoms with Gasteiger partial charge >= 0.3 is 29.6 Å². The summed E-state index contributed by atoms with van der Waals surface area (Å²) in [6.07, 6.45) is 21.7. The smallest absolute Gasteiger partial charge is 1.00 e. The van der Waals surface area contributed by atoms with Gasteiger partial charge in [-0.05, 0) is 13.3 Å². The van der Waals surface area contributed by atoms with Crippen molar-refractivity contribution in [3.05, 3.63) is 0 Å². The quantitative estimate of drug-likeness (QED) is 0.220. The van der Waals surface area contributed by atoms with Crippen LogP contribution in [0.25, 0.3) is 0 Å². The summed E-state index contributed by atoms with van der Waals surface area (Å²) in [6, 6.07) is 0. The molecule has 1 unspecified atom stereocenters. The molecule has 0 aromatic carbocycles. The van der Waals surface area contributed by atoms with Gasteiger partial charge in [-0.2, -0.15) is 8.42 Å². The molecule has 5 heteroatoms. The van der Waals surface area contributed by atoms with Crippen molar-refractivity contribution < 1.29 is 44.0 Å². The van der Waals surface area contributed by atoms with Crippen molar-refractivity contribution in [2.45, 2.75) is 128 Å². The molecule has 0 fully saturated rings. The SMILES string of the molecule is CCCCCCCCCCCCCCCCCCC(C)S(=O)(=O)O.[H-].[Na+]. The van der Waals surface area contributed by atoms with Crippen LogP contribution in [-0.4, -0.2) is 18.2 Å². The van der Waals surface area contributed by atoms with E-state index in [-0.39, 0.29) is 31.0 Å². The topological polar surface area (TPSA) is 54.4 Å². The first kappa shape index (κ1) is 28.1. The van der Waals surface area contributed by atoms with Gasteiger partial charge in [0.2, 0.25) is 0 Å². The Bertz CT molecular complexity index is 364. The van der Waals surface area contributed by atoms with E-state index < -0.39 is 15.4 Å². The Kier molecular flexibility index (Phi) is 22.1. The van der Waals surface area contributed by atoms with Gasteiger partial charge in [0, 0.05) is 0 Å². The summed E-state index contributed by atoms with van der Waals surface area (Å²) in [5.74, 6) is 0. The third kappa shape index (κ3) is 21.1. The van der Waals surface area contributed by atoms with Crippen LogP contribution in [0, 0.1) is 0 Å². The first-order valence-electron chi connectivity index (χ1n) is 10.4. The zero-order valence-electron chi connectivity index (χ0n) is 18.3. The Morgan fingerprint density at radius 2 is 0.960 bits per heavy atom. The van der Waals surface area contributed by atoms with Crippen LogP contribution in [0.4, 0.5) is 0 Å². The summed E-state index contributed by atoms with van der Waals surface area (Å²) in [4.78, 5) is 0. The second-order valence-electron chi connectivity index (χ2n) is 7.42. The number of hydrogen-bond acceptors (Lipinski definition) is 2. The van der Waals surface area contributed by atoms with Gasteiger partial charge in [-0.3, -0.25) is 4.55 Å². The second kappa shape index (κ2) is 19.7. The van der Waals surface area contributed by atoms with Crippen LogP contribution < -0.4 is 29.6 Å². The summed E-state index contributed by atoms with van der Waals surface area (Å²) < 4.78 is 30.6. The standard InChI is InChI=1S/C20H42O3S.Na.H/c1-3-4-5-6-7-8-9-10-11-12-13-14-15-16-17-18-19-20(2)24(21,22)23;;/h20H,3-19H2,1-2H3,(H,21,22,23);;/q;+1;-1. The van der Waals surface area contributed by atoms with Gasteiger partial charge in [-0.25, -0.2) is 0 Å². The summed E-state index contributed by atoms with van der Waals surface area (Å²) >= 11 is 0. The molecule has 1 atom stereocenters. The van der Waals surface area contributed by atoms with Gasteiger partial charge in [0.05, 0.1) is 5.25 Å². The number of hydrogen-bond donors (Lipinski definition) is 1. The summed E-state index contributed by atoms with van der Waals surface area (Å²) in [7, 11) is -3.82. The minimum Gasteiger partial charge on any atom is -1.00 e. The van der Waals surface area contributed by atoms with Crippen LogP contribution in [0.5, 0.6) is 0 Å².